The smallest absolute Gasteiger partial charge is 0.306 e. The molecule has 1 aliphatic carbocycles. The maximum absolute atomic E-state index is 13.7. The summed E-state index contributed by atoms with van der Waals surface area (Å²) in [5, 5.41) is 12.5. The number of hydrogen-bond donors (Lipinski definition) is 2. The van der Waals surface area contributed by atoms with Crippen molar-refractivity contribution in [2.75, 3.05) is 5.32 Å². The maximum atomic E-state index is 13.7. The van der Waals surface area contributed by atoms with Crippen molar-refractivity contribution in [3.63, 3.8) is 0 Å². The number of anilines is 1. The molecule has 0 unspecified atom stereocenters. The zero-order valence-electron chi connectivity index (χ0n) is 21.7. The van der Waals surface area contributed by atoms with Crippen molar-refractivity contribution in [2.24, 2.45) is 11.8 Å². The van der Waals surface area contributed by atoms with Crippen LogP contribution in [0.3, 0.4) is 0 Å². The van der Waals surface area contributed by atoms with Crippen LogP contribution in [-0.4, -0.2) is 22.0 Å². The Hall–Kier alpha value is -3.47. The van der Waals surface area contributed by atoms with E-state index in [0.717, 1.165) is 70.4 Å². The van der Waals surface area contributed by atoms with Gasteiger partial charge in [0, 0.05) is 23.1 Å². The normalized spacial score (nSPS) is 15.4. The van der Waals surface area contributed by atoms with Crippen molar-refractivity contribution in [1.29, 1.82) is 0 Å². The quantitative estimate of drug-likeness (QED) is 0.366. The monoisotopic (exact) mass is 484 g/mol. The number of hydrogen-bond acceptors (Lipinski definition) is 3. The topological polar surface area (TPSA) is 79.3 Å². The summed E-state index contributed by atoms with van der Waals surface area (Å²) in [7, 11) is 0. The Balaban J connectivity index is 1.59. The summed E-state index contributed by atoms with van der Waals surface area (Å²) in [6, 6.07) is 16.3. The van der Waals surface area contributed by atoms with Gasteiger partial charge in [-0.3, -0.25) is 14.6 Å². The van der Waals surface area contributed by atoms with Crippen molar-refractivity contribution in [2.45, 2.75) is 65.7 Å². The van der Waals surface area contributed by atoms with Crippen LogP contribution in [0.15, 0.2) is 54.7 Å². The lowest BCUT2D eigenvalue weighted by molar-refractivity contribution is -0.141. The second-order valence-corrected chi connectivity index (χ2v) is 10.3. The summed E-state index contributed by atoms with van der Waals surface area (Å²) >= 11 is 0. The van der Waals surface area contributed by atoms with Crippen molar-refractivity contribution in [3.8, 4) is 11.1 Å². The third-order valence-corrected chi connectivity index (χ3v) is 7.75. The number of pyridine rings is 1. The van der Waals surface area contributed by atoms with Crippen molar-refractivity contribution in [1.82, 2.24) is 4.98 Å². The maximum Gasteiger partial charge on any atom is 0.306 e. The molecule has 0 saturated heterocycles. The van der Waals surface area contributed by atoms with Gasteiger partial charge in [-0.25, -0.2) is 0 Å². The van der Waals surface area contributed by atoms with E-state index in [4.69, 9.17) is 0 Å². The Morgan fingerprint density at radius 1 is 1.03 bits per heavy atom. The average Bonchev–Trinajstić information content (AvgIpc) is 3.38. The van der Waals surface area contributed by atoms with Crippen molar-refractivity contribution < 1.29 is 14.7 Å². The van der Waals surface area contributed by atoms with Crippen LogP contribution in [0, 0.1) is 32.6 Å². The molecule has 5 nitrogen and oxygen atoms in total. The van der Waals surface area contributed by atoms with Crippen LogP contribution in [0.4, 0.5) is 5.69 Å². The predicted octanol–water partition coefficient (Wildman–Crippen LogP) is 6.85. The summed E-state index contributed by atoms with van der Waals surface area (Å²) in [5.41, 5.74) is 8.04. The number of aryl methyl sites for hydroxylation is 2. The molecule has 5 heteroatoms. The van der Waals surface area contributed by atoms with E-state index in [1.807, 2.05) is 38.2 Å². The van der Waals surface area contributed by atoms with Gasteiger partial charge in [-0.05, 0) is 85.9 Å². The number of carboxylic acids is 1. The molecule has 1 amide bonds. The Labute approximate surface area is 214 Å². The van der Waals surface area contributed by atoms with E-state index in [1.54, 1.807) is 6.92 Å². The van der Waals surface area contributed by atoms with Gasteiger partial charge in [0.05, 0.1) is 11.8 Å². The highest BCUT2D eigenvalue weighted by atomic mass is 16.4. The average molecular weight is 485 g/mol. The van der Waals surface area contributed by atoms with Gasteiger partial charge >= 0.3 is 5.97 Å². The fourth-order valence-electron chi connectivity index (χ4n) is 5.28. The molecule has 1 fully saturated rings. The molecular formula is C31H36N2O3. The van der Waals surface area contributed by atoms with E-state index in [1.165, 1.54) is 0 Å². The molecule has 188 valence electrons. The number of nitrogens with one attached hydrogen (secondary N) is 1. The van der Waals surface area contributed by atoms with Crippen LogP contribution >= 0.6 is 0 Å². The molecule has 1 heterocycles. The summed E-state index contributed by atoms with van der Waals surface area (Å²) < 4.78 is 0. The number of nitrogens with zero attached hydrogens (tertiary/aromatic N) is 1. The van der Waals surface area contributed by atoms with Crippen LogP contribution in [0.25, 0.3) is 11.1 Å². The summed E-state index contributed by atoms with van der Waals surface area (Å²) in [6.07, 6.45) is 6.75. The number of carboxylic acid groups (broad SMARTS) is 1. The SMILES string of the molecule is Cc1cc(-c2ccc([C@@H](C(=O)Nc3cccc(C[C@H](C)C(=O)O)c3C)C3CCCC3)cc2)cnc1C. The van der Waals surface area contributed by atoms with Gasteiger partial charge in [-0.2, -0.15) is 0 Å². The molecule has 0 aliphatic heterocycles. The molecular weight excluding hydrogens is 448 g/mol. The highest BCUT2D eigenvalue weighted by Gasteiger charge is 2.32. The van der Waals surface area contributed by atoms with Crippen LogP contribution in [-0.2, 0) is 16.0 Å². The zero-order chi connectivity index (χ0) is 25.8. The fraction of sp³-hybridized carbons (Fsp3) is 0.387. The van der Waals surface area contributed by atoms with E-state index in [0.29, 0.717) is 12.3 Å². The minimum atomic E-state index is -0.815. The molecule has 0 bridgehead atoms. The van der Waals surface area contributed by atoms with E-state index in [9.17, 15) is 14.7 Å². The van der Waals surface area contributed by atoms with Gasteiger partial charge in [-0.15, -0.1) is 0 Å². The molecule has 0 radical (unpaired) electrons. The Morgan fingerprint density at radius 2 is 1.72 bits per heavy atom. The molecule has 36 heavy (non-hydrogen) atoms. The lowest BCUT2D eigenvalue weighted by Crippen LogP contribution is -2.27. The predicted molar refractivity (Wildman–Crippen MR) is 144 cm³/mol. The minimum absolute atomic E-state index is 0.00836. The minimum Gasteiger partial charge on any atom is -0.481 e. The number of carbonyl (C=O) groups is 2. The first kappa shape index (κ1) is 25.6. The highest BCUT2D eigenvalue weighted by molar-refractivity contribution is 5.97. The standard InChI is InChI=1S/C31H36N2O3/c1-19-16-27(18-32-22(19)4)23-12-14-25(15-13-23)29(24-8-5-6-9-24)30(34)33-28-11-7-10-26(21(28)3)17-20(2)31(35)36/h7,10-16,18,20,24,29H,5-6,8-9,17H2,1-4H3,(H,33,34)(H,35,36)/t20-,29-/m0/s1. The molecule has 2 aromatic carbocycles. The number of amides is 1. The summed E-state index contributed by atoms with van der Waals surface area (Å²) in [4.78, 5) is 29.6. The molecule has 0 spiro atoms. The van der Waals surface area contributed by atoms with Crippen LogP contribution in [0.1, 0.15) is 66.5 Å². The van der Waals surface area contributed by atoms with Gasteiger partial charge in [0.1, 0.15) is 0 Å². The van der Waals surface area contributed by atoms with Crippen LogP contribution < -0.4 is 5.32 Å². The summed E-state index contributed by atoms with van der Waals surface area (Å²) in [6.45, 7) is 7.74. The van der Waals surface area contributed by atoms with E-state index >= 15 is 0 Å². The number of carbonyl (C=O) groups excluding carboxylic acids is 1. The van der Waals surface area contributed by atoms with E-state index in [2.05, 4.69) is 47.6 Å². The lowest BCUT2D eigenvalue weighted by Gasteiger charge is -2.24. The third kappa shape index (κ3) is 5.67. The van der Waals surface area contributed by atoms with Crippen LogP contribution in [0.2, 0.25) is 0 Å². The lowest BCUT2D eigenvalue weighted by atomic mass is 9.83. The number of aliphatic carboxylic acids is 1. The van der Waals surface area contributed by atoms with Crippen LogP contribution in [0.5, 0.6) is 0 Å². The first-order valence-electron chi connectivity index (χ1n) is 12.9. The molecule has 1 aliphatic rings. The molecule has 3 aromatic rings. The van der Waals surface area contributed by atoms with Gasteiger partial charge in [0.2, 0.25) is 5.91 Å². The van der Waals surface area contributed by atoms with E-state index < -0.39 is 11.9 Å². The highest BCUT2D eigenvalue weighted by Crippen LogP contribution is 2.39. The Kier molecular flexibility index (Phi) is 7.88. The Morgan fingerprint density at radius 3 is 2.36 bits per heavy atom. The molecule has 1 saturated carbocycles. The molecule has 2 N–H and O–H groups in total. The van der Waals surface area contributed by atoms with Crippen molar-refractivity contribution >= 4 is 17.6 Å². The second kappa shape index (κ2) is 11.1. The molecule has 2 atom stereocenters. The van der Waals surface area contributed by atoms with E-state index in [-0.39, 0.29) is 11.8 Å². The van der Waals surface area contributed by atoms with Gasteiger partial charge in [-0.1, -0.05) is 56.2 Å². The largest absolute Gasteiger partial charge is 0.481 e. The summed E-state index contributed by atoms with van der Waals surface area (Å²) in [5.74, 6) is -1.19. The van der Waals surface area contributed by atoms with Crippen molar-refractivity contribution in [3.05, 3.63) is 82.7 Å². The number of aromatic nitrogens is 1. The first-order valence-corrected chi connectivity index (χ1v) is 12.9. The van der Waals surface area contributed by atoms with Gasteiger partial charge in [0.15, 0.2) is 0 Å². The first-order chi connectivity index (χ1) is 17.2. The second-order valence-electron chi connectivity index (χ2n) is 10.3. The Bertz CT molecular complexity index is 1240. The molecule has 4 rings (SSSR count). The third-order valence-electron chi connectivity index (χ3n) is 7.75. The van der Waals surface area contributed by atoms with Gasteiger partial charge in [0.25, 0.3) is 0 Å². The number of rotatable bonds is 8. The van der Waals surface area contributed by atoms with Gasteiger partial charge < -0.3 is 10.4 Å². The zero-order valence-corrected chi connectivity index (χ0v) is 21.7. The molecule has 1 aromatic heterocycles. The number of benzene rings is 2. The fourth-order valence-corrected chi connectivity index (χ4v) is 5.28.